The van der Waals surface area contributed by atoms with Crippen LogP contribution in [0.15, 0.2) is 36.4 Å². The number of aromatic nitrogens is 1. The minimum Gasteiger partial charge on any atom is -0.493 e. The van der Waals surface area contributed by atoms with Crippen LogP contribution in [-0.2, 0) is 20.7 Å². The van der Waals surface area contributed by atoms with E-state index in [4.69, 9.17) is 25.8 Å². The number of ether oxygens (including phenoxy) is 3. The predicted octanol–water partition coefficient (Wildman–Crippen LogP) is 3.35. The maximum absolute atomic E-state index is 13.1. The molecule has 0 fully saturated rings. The maximum Gasteiger partial charge on any atom is 0.328 e. The minimum absolute atomic E-state index is 0.0962. The summed E-state index contributed by atoms with van der Waals surface area (Å²) in [4.78, 5) is 42.2. The van der Waals surface area contributed by atoms with Crippen molar-refractivity contribution >= 4 is 40.1 Å². The maximum atomic E-state index is 13.1. The lowest BCUT2D eigenvalue weighted by molar-refractivity contribution is -0.386. The zero-order chi connectivity index (χ0) is 24.6. The number of hydrogen-bond acceptors (Lipinski definition) is 7. The Morgan fingerprint density at radius 2 is 1.91 bits per heavy atom. The van der Waals surface area contributed by atoms with Gasteiger partial charge < -0.3 is 24.1 Å². The summed E-state index contributed by atoms with van der Waals surface area (Å²) in [5.41, 5.74) is 1.84. The number of nitrogens with zero attached hydrogens (tertiary/aromatic N) is 2. The van der Waals surface area contributed by atoms with E-state index in [0.717, 1.165) is 16.5 Å². The van der Waals surface area contributed by atoms with Crippen LogP contribution in [-0.4, -0.2) is 59.9 Å². The number of amides is 1. The summed E-state index contributed by atoms with van der Waals surface area (Å²) in [6, 6.07) is 8.38. The molecule has 34 heavy (non-hydrogen) atoms. The summed E-state index contributed by atoms with van der Waals surface area (Å²) < 4.78 is 15.6. The molecule has 2 aromatic carbocycles. The van der Waals surface area contributed by atoms with E-state index in [1.807, 2.05) is 24.3 Å². The summed E-state index contributed by atoms with van der Waals surface area (Å²) in [7, 11) is 3.89. The molecule has 1 amide bonds. The van der Waals surface area contributed by atoms with Gasteiger partial charge in [-0.25, -0.2) is 4.79 Å². The average Bonchev–Trinajstić information content (AvgIpc) is 3.23. The van der Waals surface area contributed by atoms with Crippen LogP contribution in [0.3, 0.4) is 0 Å². The van der Waals surface area contributed by atoms with Crippen LogP contribution in [0.1, 0.15) is 22.9 Å². The lowest BCUT2D eigenvalue weighted by atomic mass is 9.87. The summed E-state index contributed by atoms with van der Waals surface area (Å²) in [5.74, 6) is -1.59. The number of para-hydroxylation sites is 1. The zero-order valence-corrected chi connectivity index (χ0v) is 19.4. The lowest BCUT2D eigenvalue weighted by Crippen LogP contribution is -2.52. The number of aromatic amines is 1. The van der Waals surface area contributed by atoms with Gasteiger partial charge in [-0.3, -0.25) is 14.9 Å². The molecule has 1 aliphatic rings. The molecule has 0 unspecified atom stereocenters. The third-order valence-corrected chi connectivity index (χ3v) is 6.26. The molecule has 2 heterocycles. The summed E-state index contributed by atoms with van der Waals surface area (Å²) in [6.07, 6.45) is 0.159. The topological polar surface area (TPSA) is 124 Å². The number of carbonyl (C=O) groups excluding carboxylic acids is 2. The lowest BCUT2D eigenvalue weighted by Gasteiger charge is -2.40. The van der Waals surface area contributed by atoms with E-state index in [2.05, 4.69) is 4.98 Å². The minimum atomic E-state index is -1.04. The Kier molecular flexibility index (Phi) is 6.34. The number of alkyl halides is 1. The first-order chi connectivity index (χ1) is 16.4. The van der Waals surface area contributed by atoms with Crippen LogP contribution in [0.2, 0.25) is 0 Å². The van der Waals surface area contributed by atoms with Gasteiger partial charge in [0, 0.05) is 23.0 Å². The number of carbonyl (C=O) groups is 2. The van der Waals surface area contributed by atoms with Crippen LogP contribution < -0.4 is 9.47 Å². The largest absolute Gasteiger partial charge is 0.493 e. The number of nitro groups is 1. The highest BCUT2D eigenvalue weighted by molar-refractivity contribution is 6.27. The summed E-state index contributed by atoms with van der Waals surface area (Å²) in [6.45, 7) is 0. The quantitative estimate of drug-likeness (QED) is 0.245. The fourth-order valence-electron chi connectivity index (χ4n) is 4.64. The molecule has 1 N–H and O–H groups in total. The van der Waals surface area contributed by atoms with E-state index in [9.17, 15) is 19.7 Å². The number of esters is 1. The van der Waals surface area contributed by atoms with Crippen molar-refractivity contribution in [1.29, 1.82) is 0 Å². The SMILES string of the molecule is COC(=O)[C@H]1Cc2c([nH]c3ccccc23)[C@@H](c2ccc(OC)c(OC)c2[N+](=O)[O-])N1C(=O)CCl. The van der Waals surface area contributed by atoms with Crippen molar-refractivity contribution in [2.75, 3.05) is 27.2 Å². The molecular weight excluding hydrogens is 466 g/mol. The molecule has 0 spiro atoms. The molecule has 11 heteroatoms. The van der Waals surface area contributed by atoms with Gasteiger partial charge in [0.2, 0.25) is 11.7 Å². The summed E-state index contributed by atoms with van der Waals surface area (Å²) >= 11 is 5.93. The molecule has 1 aromatic heterocycles. The molecule has 10 nitrogen and oxygen atoms in total. The highest BCUT2D eigenvalue weighted by atomic mass is 35.5. The Bertz CT molecular complexity index is 1290. The third-order valence-electron chi connectivity index (χ3n) is 6.03. The number of nitro benzene ring substituents is 1. The third kappa shape index (κ3) is 3.60. The first-order valence-corrected chi connectivity index (χ1v) is 10.8. The number of methoxy groups -OCH3 is 3. The van der Waals surface area contributed by atoms with E-state index in [0.29, 0.717) is 5.69 Å². The Hall–Kier alpha value is -3.79. The zero-order valence-electron chi connectivity index (χ0n) is 18.7. The number of H-pyrrole nitrogens is 1. The van der Waals surface area contributed by atoms with Gasteiger partial charge >= 0.3 is 11.7 Å². The molecule has 0 aliphatic carbocycles. The van der Waals surface area contributed by atoms with E-state index in [1.165, 1.54) is 38.4 Å². The number of halogens is 1. The number of hydrogen-bond donors (Lipinski definition) is 1. The van der Waals surface area contributed by atoms with Crippen LogP contribution in [0.4, 0.5) is 5.69 Å². The van der Waals surface area contributed by atoms with Gasteiger partial charge in [-0.05, 0) is 23.8 Å². The molecule has 3 aromatic rings. The first-order valence-electron chi connectivity index (χ1n) is 10.3. The highest BCUT2D eigenvalue weighted by Gasteiger charge is 2.46. The van der Waals surface area contributed by atoms with Gasteiger partial charge in [0.1, 0.15) is 18.0 Å². The second kappa shape index (κ2) is 9.22. The molecule has 1 aliphatic heterocycles. The molecule has 0 bridgehead atoms. The van der Waals surface area contributed by atoms with Crippen molar-refractivity contribution in [3.05, 3.63) is 63.3 Å². The van der Waals surface area contributed by atoms with Crippen molar-refractivity contribution in [1.82, 2.24) is 9.88 Å². The number of benzene rings is 2. The van der Waals surface area contributed by atoms with Crippen LogP contribution in [0.5, 0.6) is 11.5 Å². The van der Waals surface area contributed by atoms with Gasteiger partial charge in [0.15, 0.2) is 5.75 Å². The fourth-order valence-corrected chi connectivity index (χ4v) is 4.78. The van der Waals surface area contributed by atoms with E-state index in [-0.39, 0.29) is 29.2 Å². The van der Waals surface area contributed by atoms with E-state index < -0.39 is 34.8 Å². The Morgan fingerprint density at radius 3 is 2.53 bits per heavy atom. The van der Waals surface area contributed by atoms with Gasteiger partial charge in [-0.15, -0.1) is 11.6 Å². The van der Waals surface area contributed by atoms with Gasteiger partial charge in [0.05, 0.1) is 31.8 Å². The van der Waals surface area contributed by atoms with Gasteiger partial charge in [-0.1, -0.05) is 18.2 Å². The van der Waals surface area contributed by atoms with Crippen molar-refractivity contribution in [3.63, 3.8) is 0 Å². The smallest absolute Gasteiger partial charge is 0.328 e. The van der Waals surface area contributed by atoms with Crippen LogP contribution in [0, 0.1) is 10.1 Å². The summed E-state index contributed by atoms with van der Waals surface area (Å²) in [5, 5.41) is 13.1. The van der Waals surface area contributed by atoms with Crippen molar-refractivity contribution in [2.45, 2.75) is 18.5 Å². The molecule has 0 saturated heterocycles. The molecule has 178 valence electrons. The van der Waals surface area contributed by atoms with Crippen LogP contribution in [0.25, 0.3) is 10.9 Å². The second-order valence-electron chi connectivity index (χ2n) is 7.64. The van der Waals surface area contributed by atoms with Gasteiger partial charge in [-0.2, -0.15) is 0 Å². The average molecular weight is 488 g/mol. The highest BCUT2D eigenvalue weighted by Crippen LogP contribution is 2.48. The number of nitrogens with one attached hydrogen (secondary N) is 1. The molecule has 0 saturated carbocycles. The standard InChI is InChI=1S/C23H22ClN3O7/c1-32-17-9-8-13(21(27(30)31)22(17)33-2)20-19-14(12-6-4-5-7-15(12)25-19)10-16(23(29)34-3)26(20)18(28)11-24/h4-9,16,20,25H,10-11H2,1-3H3/t16-,20-/m1/s1. The normalized spacial score (nSPS) is 17.2. The number of rotatable bonds is 6. The van der Waals surface area contributed by atoms with Gasteiger partial charge in [0.25, 0.3) is 0 Å². The van der Waals surface area contributed by atoms with Crippen molar-refractivity contribution in [2.24, 2.45) is 0 Å². The monoisotopic (exact) mass is 487 g/mol. The molecule has 0 radical (unpaired) electrons. The Balaban J connectivity index is 2.09. The molecule has 4 rings (SSSR count). The second-order valence-corrected chi connectivity index (χ2v) is 7.91. The molecule has 2 atom stereocenters. The predicted molar refractivity (Wildman–Crippen MR) is 123 cm³/mol. The Labute approximate surface area is 199 Å². The number of fused-ring (bicyclic) bond motifs is 3. The molecular formula is C23H22ClN3O7. The van der Waals surface area contributed by atoms with Crippen molar-refractivity contribution in [3.8, 4) is 11.5 Å². The first kappa shape index (κ1) is 23.4. The Morgan fingerprint density at radius 1 is 1.18 bits per heavy atom. The van der Waals surface area contributed by atoms with Crippen LogP contribution >= 0.6 is 11.6 Å². The fraction of sp³-hybridized carbons (Fsp3) is 0.304. The van der Waals surface area contributed by atoms with Crippen molar-refractivity contribution < 1.29 is 28.7 Å². The van der Waals surface area contributed by atoms with E-state index in [1.54, 1.807) is 0 Å². The van der Waals surface area contributed by atoms with E-state index >= 15 is 0 Å².